The summed E-state index contributed by atoms with van der Waals surface area (Å²) < 4.78 is 37.5. The van der Waals surface area contributed by atoms with Crippen LogP contribution in [-0.2, 0) is 17.4 Å². The van der Waals surface area contributed by atoms with E-state index in [-0.39, 0.29) is 12.5 Å². The minimum Gasteiger partial charge on any atom is -0.356 e. The molecule has 0 aliphatic heterocycles. The topological polar surface area (TPSA) is 69.6 Å². The molecule has 1 aromatic rings. The number of thiazole rings is 1. The van der Waals surface area contributed by atoms with Crippen molar-refractivity contribution < 1.29 is 18.0 Å². The van der Waals surface area contributed by atoms with E-state index in [1.165, 1.54) is 4.90 Å². The third-order valence-corrected chi connectivity index (χ3v) is 3.80. The van der Waals surface area contributed by atoms with Crippen LogP contribution in [0.15, 0.2) is 10.4 Å². The number of amides is 1. The minimum atomic E-state index is -4.41. The van der Waals surface area contributed by atoms with E-state index < -0.39 is 11.9 Å². The van der Waals surface area contributed by atoms with E-state index in [1.54, 1.807) is 14.1 Å². The first-order valence-corrected chi connectivity index (χ1v) is 8.36. The van der Waals surface area contributed by atoms with Gasteiger partial charge in [0, 0.05) is 39.0 Å². The van der Waals surface area contributed by atoms with E-state index in [0.29, 0.717) is 30.5 Å². The molecule has 136 valence electrons. The number of likely N-dealkylation sites (N-methyl/N-ethyl adjacent to an activating group) is 1. The number of rotatable bonds is 7. The Hall–Kier alpha value is -1.84. The molecule has 0 saturated heterocycles. The molecule has 0 aromatic carbocycles. The maximum Gasteiger partial charge on any atom is 0.434 e. The van der Waals surface area contributed by atoms with Gasteiger partial charge in [-0.1, -0.05) is 6.92 Å². The molecule has 10 heteroatoms. The van der Waals surface area contributed by atoms with Crippen LogP contribution in [0.25, 0.3) is 0 Å². The fourth-order valence-corrected chi connectivity index (χ4v) is 2.35. The standard InChI is InChI=1S/C14H22F3N5OS/c1-4-6-18-13(20-8-12(23)22(2)3)19-7-5-11-21-10(9-24-11)14(15,16)17/h9H,4-8H2,1-3H3,(H2,18,19,20). The Bertz CT molecular complexity index is 557. The van der Waals surface area contributed by atoms with Crippen LogP contribution >= 0.6 is 11.3 Å². The van der Waals surface area contributed by atoms with E-state index in [1.807, 2.05) is 6.92 Å². The molecule has 0 bridgehead atoms. The van der Waals surface area contributed by atoms with E-state index in [9.17, 15) is 18.0 Å². The van der Waals surface area contributed by atoms with Gasteiger partial charge in [0.2, 0.25) is 5.91 Å². The smallest absolute Gasteiger partial charge is 0.356 e. The highest BCUT2D eigenvalue weighted by molar-refractivity contribution is 7.09. The average molecular weight is 365 g/mol. The zero-order valence-corrected chi connectivity index (χ0v) is 14.7. The zero-order valence-electron chi connectivity index (χ0n) is 13.9. The van der Waals surface area contributed by atoms with E-state index >= 15 is 0 Å². The Morgan fingerprint density at radius 3 is 2.54 bits per heavy atom. The Morgan fingerprint density at radius 2 is 2.00 bits per heavy atom. The number of nitrogens with one attached hydrogen (secondary N) is 2. The van der Waals surface area contributed by atoms with Crippen LogP contribution in [0.5, 0.6) is 0 Å². The highest BCUT2D eigenvalue weighted by Crippen LogP contribution is 2.29. The van der Waals surface area contributed by atoms with Gasteiger partial charge in [-0.15, -0.1) is 11.3 Å². The molecule has 0 aliphatic rings. The molecule has 0 atom stereocenters. The first-order chi connectivity index (χ1) is 11.2. The molecule has 1 heterocycles. The number of hydrogen-bond acceptors (Lipinski definition) is 4. The number of carbonyl (C=O) groups is 1. The second-order valence-electron chi connectivity index (χ2n) is 5.18. The summed E-state index contributed by atoms with van der Waals surface area (Å²) in [5, 5.41) is 7.46. The van der Waals surface area contributed by atoms with Gasteiger partial charge in [-0.2, -0.15) is 13.2 Å². The van der Waals surface area contributed by atoms with Gasteiger partial charge in [0.15, 0.2) is 11.7 Å². The average Bonchev–Trinajstić information content (AvgIpc) is 2.98. The number of aliphatic imine (C=N–C) groups is 1. The number of carbonyl (C=O) groups excluding carboxylic acids is 1. The van der Waals surface area contributed by atoms with E-state index in [2.05, 4.69) is 20.6 Å². The molecule has 0 saturated carbocycles. The largest absolute Gasteiger partial charge is 0.434 e. The van der Waals surface area contributed by atoms with Gasteiger partial charge in [0.25, 0.3) is 0 Å². The molecule has 1 aromatic heterocycles. The Morgan fingerprint density at radius 1 is 1.33 bits per heavy atom. The van der Waals surface area contributed by atoms with Gasteiger partial charge in [0.1, 0.15) is 6.54 Å². The summed E-state index contributed by atoms with van der Waals surface area (Å²) in [5.74, 6) is 0.321. The number of guanidine groups is 1. The summed E-state index contributed by atoms with van der Waals surface area (Å²) >= 11 is 0.976. The maximum absolute atomic E-state index is 12.5. The van der Waals surface area contributed by atoms with Gasteiger partial charge < -0.3 is 15.5 Å². The quantitative estimate of drug-likeness (QED) is 0.570. The lowest BCUT2D eigenvalue weighted by molar-refractivity contribution is -0.140. The molecular weight excluding hydrogens is 343 g/mol. The Balaban J connectivity index is 2.53. The third-order valence-electron chi connectivity index (χ3n) is 2.89. The lowest BCUT2D eigenvalue weighted by atomic mass is 10.4. The molecule has 0 unspecified atom stereocenters. The number of nitrogens with zero attached hydrogens (tertiary/aromatic N) is 3. The van der Waals surface area contributed by atoms with Crippen molar-refractivity contribution in [1.82, 2.24) is 20.5 Å². The Labute approximate surface area is 143 Å². The summed E-state index contributed by atoms with van der Waals surface area (Å²) in [7, 11) is 3.29. The van der Waals surface area contributed by atoms with E-state index in [0.717, 1.165) is 23.1 Å². The lowest BCUT2D eigenvalue weighted by Crippen LogP contribution is -2.39. The van der Waals surface area contributed by atoms with Crippen LogP contribution in [0.1, 0.15) is 24.0 Å². The van der Waals surface area contributed by atoms with Crippen molar-refractivity contribution >= 4 is 23.2 Å². The molecule has 0 radical (unpaired) electrons. The van der Waals surface area contributed by atoms with Crippen LogP contribution in [0.3, 0.4) is 0 Å². The fourth-order valence-electron chi connectivity index (χ4n) is 1.55. The lowest BCUT2D eigenvalue weighted by Gasteiger charge is -2.12. The summed E-state index contributed by atoms with van der Waals surface area (Å²) in [5.41, 5.74) is -0.864. The Kier molecular flexibility index (Phi) is 7.96. The molecule has 1 rings (SSSR count). The molecule has 1 amide bonds. The van der Waals surface area contributed by atoms with Crippen LogP contribution in [0, 0.1) is 0 Å². The van der Waals surface area contributed by atoms with Gasteiger partial charge in [-0.25, -0.2) is 9.98 Å². The van der Waals surface area contributed by atoms with Crippen LogP contribution in [0.4, 0.5) is 13.2 Å². The normalized spacial score (nSPS) is 12.2. The SMILES string of the molecule is CCCNC(=NCC(=O)N(C)C)NCCc1nc(C(F)(F)F)cs1. The second-order valence-corrected chi connectivity index (χ2v) is 6.12. The van der Waals surface area contributed by atoms with Crippen molar-refractivity contribution in [2.45, 2.75) is 25.9 Å². The van der Waals surface area contributed by atoms with Crippen molar-refractivity contribution in [3.63, 3.8) is 0 Å². The van der Waals surface area contributed by atoms with Crippen molar-refractivity contribution in [2.24, 2.45) is 4.99 Å². The maximum atomic E-state index is 12.5. The monoisotopic (exact) mass is 365 g/mol. The molecule has 2 N–H and O–H groups in total. The molecule has 0 aliphatic carbocycles. The summed E-state index contributed by atoms with van der Waals surface area (Å²) in [6, 6.07) is 0. The first-order valence-electron chi connectivity index (χ1n) is 7.48. The number of hydrogen-bond donors (Lipinski definition) is 2. The minimum absolute atomic E-state index is 0.00151. The van der Waals surface area contributed by atoms with Crippen molar-refractivity contribution in [1.29, 1.82) is 0 Å². The zero-order chi connectivity index (χ0) is 18.2. The number of aromatic nitrogens is 1. The van der Waals surface area contributed by atoms with Crippen molar-refractivity contribution in [3.8, 4) is 0 Å². The van der Waals surface area contributed by atoms with Crippen LogP contribution in [0.2, 0.25) is 0 Å². The van der Waals surface area contributed by atoms with Crippen LogP contribution < -0.4 is 10.6 Å². The predicted octanol–water partition coefficient (Wildman–Crippen LogP) is 1.74. The van der Waals surface area contributed by atoms with Crippen molar-refractivity contribution in [3.05, 3.63) is 16.1 Å². The number of alkyl halides is 3. The van der Waals surface area contributed by atoms with Crippen LogP contribution in [-0.4, -0.2) is 55.5 Å². The van der Waals surface area contributed by atoms with Gasteiger partial charge in [-0.3, -0.25) is 4.79 Å². The van der Waals surface area contributed by atoms with Gasteiger partial charge in [0.05, 0.1) is 5.01 Å². The molecular formula is C14H22F3N5OS. The second kappa shape index (κ2) is 9.45. The molecule has 24 heavy (non-hydrogen) atoms. The first kappa shape index (κ1) is 20.2. The summed E-state index contributed by atoms with van der Waals surface area (Å²) in [6.07, 6.45) is -3.19. The summed E-state index contributed by atoms with van der Waals surface area (Å²) in [4.78, 5) is 20.7. The van der Waals surface area contributed by atoms with Gasteiger partial charge >= 0.3 is 6.18 Å². The predicted molar refractivity (Wildman–Crippen MR) is 88.1 cm³/mol. The molecule has 6 nitrogen and oxygen atoms in total. The third kappa shape index (κ3) is 7.16. The van der Waals surface area contributed by atoms with Gasteiger partial charge in [-0.05, 0) is 6.42 Å². The fraction of sp³-hybridized carbons (Fsp3) is 0.643. The summed E-state index contributed by atoms with van der Waals surface area (Å²) in [6.45, 7) is 3.04. The van der Waals surface area contributed by atoms with E-state index in [4.69, 9.17) is 0 Å². The highest BCUT2D eigenvalue weighted by Gasteiger charge is 2.33. The van der Waals surface area contributed by atoms with Crippen molar-refractivity contribution in [2.75, 3.05) is 33.7 Å². The molecule has 0 spiro atoms. The number of halogens is 3. The highest BCUT2D eigenvalue weighted by atomic mass is 32.1. The molecule has 0 fully saturated rings.